The second-order valence-electron chi connectivity index (χ2n) is 9.75. The van der Waals surface area contributed by atoms with Crippen molar-refractivity contribution in [2.45, 2.75) is 94.6 Å². The standard InChI is InChI=1S/C24H34O4.C3H8/c1-16(22(4,5)18(3)25)17(2)24(8,9)28-21(27)23(6,7)20(26)15-19-13-11-10-12-14-19;1-3-2/h10-14H,15H2,1-9H3;3H2,1-2H3/b17-16-;. The summed E-state index contributed by atoms with van der Waals surface area (Å²) in [6, 6.07) is 9.35. The fourth-order valence-electron chi connectivity index (χ4n) is 2.74. The van der Waals surface area contributed by atoms with Gasteiger partial charge in [-0.2, -0.15) is 0 Å². The third-order valence-corrected chi connectivity index (χ3v) is 6.05. The van der Waals surface area contributed by atoms with Crippen LogP contribution in [0.2, 0.25) is 0 Å². The minimum atomic E-state index is -1.27. The van der Waals surface area contributed by atoms with Crippen LogP contribution in [0.3, 0.4) is 0 Å². The summed E-state index contributed by atoms with van der Waals surface area (Å²) < 4.78 is 5.79. The van der Waals surface area contributed by atoms with Crippen LogP contribution in [0.4, 0.5) is 0 Å². The first-order chi connectivity index (χ1) is 14.0. The summed E-state index contributed by atoms with van der Waals surface area (Å²) in [6.45, 7) is 20.1. The highest BCUT2D eigenvalue weighted by Crippen LogP contribution is 2.36. The second-order valence-corrected chi connectivity index (χ2v) is 9.75. The van der Waals surface area contributed by atoms with E-state index in [1.54, 1.807) is 34.6 Å². The molecular formula is C27H42O4. The second kappa shape index (κ2) is 11.4. The molecule has 0 aliphatic carbocycles. The van der Waals surface area contributed by atoms with E-state index >= 15 is 0 Å². The summed E-state index contributed by atoms with van der Waals surface area (Å²) in [6.07, 6.45) is 1.43. The largest absolute Gasteiger partial charge is 0.454 e. The van der Waals surface area contributed by atoms with E-state index < -0.39 is 22.4 Å². The van der Waals surface area contributed by atoms with Gasteiger partial charge in [0.1, 0.15) is 16.8 Å². The van der Waals surface area contributed by atoms with Crippen molar-refractivity contribution in [3.8, 4) is 0 Å². The Morgan fingerprint density at radius 3 is 1.65 bits per heavy atom. The van der Waals surface area contributed by atoms with Gasteiger partial charge >= 0.3 is 5.97 Å². The third kappa shape index (κ3) is 7.75. The fourth-order valence-corrected chi connectivity index (χ4v) is 2.74. The molecular weight excluding hydrogens is 388 g/mol. The van der Waals surface area contributed by atoms with Crippen molar-refractivity contribution in [2.24, 2.45) is 10.8 Å². The zero-order chi connectivity index (χ0) is 24.6. The molecule has 0 spiro atoms. The lowest BCUT2D eigenvalue weighted by atomic mass is 9.76. The molecule has 0 saturated carbocycles. The van der Waals surface area contributed by atoms with Crippen LogP contribution in [-0.2, 0) is 25.5 Å². The lowest BCUT2D eigenvalue weighted by molar-refractivity contribution is -0.166. The minimum absolute atomic E-state index is 0.0462. The fraction of sp³-hybridized carbons (Fsp3) is 0.593. The molecule has 0 heterocycles. The number of ketones is 2. The van der Waals surface area contributed by atoms with Gasteiger partial charge in [-0.25, -0.2) is 0 Å². The molecule has 31 heavy (non-hydrogen) atoms. The summed E-state index contributed by atoms with van der Waals surface area (Å²) in [5, 5.41) is 0. The molecule has 174 valence electrons. The number of Topliss-reactive ketones (excluding diaryl/α,β-unsaturated/α-hetero) is 2. The van der Waals surface area contributed by atoms with Gasteiger partial charge in [-0.1, -0.05) is 56.2 Å². The van der Waals surface area contributed by atoms with Gasteiger partial charge in [-0.3, -0.25) is 14.4 Å². The molecule has 1 rings (SSSR count). The zero-order valence-electron chi connectivity index (χ0n) is 21.4. The van der Waals surface area contributed by atoms with Crippen LogP contribution in [0, 0.1) is 10.8 Å². The number of hydrogen-bond donors (Lipinski definition) is 0. The Hall–Kier alpha value is -2.23. The average molecular weight is 431 g/mol. The van der Waals surface area contributed by atoms with E-state index in [0.29, 0.717) is 0 Å². The zero-order valence-corrected chi connectivity index (χ0v) is 21.4. The first-order valence-electron chi connectivity index (χ1n) is 11.1. The van der Waals surface area contributed by atoms with E-state index in [-0.39, 0.29) is 18.0 Å². The molecule has 0 amide bonds. The van der Waals surface area contributed by atoms with E-state index in [2.05, 4.69) is 13.8 Å². The first-order valence-corrected chi connectivity index (χ1v) is 11.1. The van der Waals surface area contributed by atoms with Gasteiger partial charge in [-0.05, 0) is 73.5 Å². The van der Waals surface area contributed by atoms with Crippen LogP contribution in [0.25, 0.3) is 0 Å². The predicted octanol–water partition coefficient (Wildman–Crippen LogP) is 6.51. The topological polar surface area (TPSA) is 60.4 Å². The van der Waals surface area contributed by atoms with Crippen LogP contribution >= 0.6 is 0 Å². The van der Waals surface area contributed by atoms with Gasteiger partial charge in [0.05, 0.1) is 0 Å². The first kappa shape index (κ1) is 28.8. The number of hydrogen-bond acceptors (Lipinski definition) is 4. The van der Waals surface area contributed by atoms with Gasteiger partial charge in [0.25, 0.3) is 0 Å². The van der Waals surface area contributed by atoms with Crippen molar-refractivity contribution in [1.29, 1.82) is 0 Å². The Labute approximate surface area is 189 Å². The highest BCUT2D eigenvalue weighted by Gasteiger charge is 2.41. The van der Waals surface area contributed by atoms with Crippen LogP contribution < -0.4 is 0 Å². The van der Waals surface area contributed by atoms with Crippen LogP contribution in [0.15, 0.2) is 41.5 Å². The lowest BCUT2D eigenvalue weighted by Gasteiger charge is -2.35. The normalized spacial score (nSPS) is 12.9. The van der Waals surface area contributed by atoms with Crippen molar-refractivity contribution in [3.63, 3.8) is 0 Å². The maximum absolute atomic E-state index is 12.9. The highest BCUT2D eigenvalue weighted by molar-refractivity contribution is 6.04. The van der Waals surface area contributed by atoms with Gasteiger partial charge < -0.3 is 4.74 Å². The average Bonchev–Trinajstić information content (AvgIpc) is 2.67. The number of ether oxygens (including phenoxy) is 1. The van der Waals surface area contributed by atoms with Crippen LogP contribution in [0.1, 0.15) is 88.1 Å². The summed E-state index contributed by atoms with van der Waals surface area (Å²) >= 11 is 0. The summed E-state index contributed by atoms with van der Waals surface area (Å²) in [4.78, 5) is 37.6. The predicted molar refractivity (Wildman–Crippen MR) is 128 cm³/mol. The van der Waals surface area contributed by atoms with Gasteiger partial charge in [0.2, 0.25) is 0 Å². The number of rotatable bonds is 8. The summed E-state index contributed by atoms with van der Waals surface area (Å²) in [5.74, 6) is -0.710. The Morgan fingerprint density at radius 1 is 0.774 bits per heavy atom. The Balaban J connectivity index is 0.00000282. The number of benzene rings is 1. The van der Waals surface area contributed by atoms with E-state index in [4.69, 9.17) is 4.74 Å². The molecule has 4 heteroatoms. The molecule has 0 bridgehead atoms. The monoisotopic (exact) mass is 430 g/mol. The van der Waals surface area contributed by atoms with E-state index in [0.717, 1.165) is 16.7 Å². The van der Waals surface area contributed by atoms with Crippen LogP contribution in [0.5, 0.6) is 0 Å². The van der Waals surface area contributed by atoms with E-state index in [1.807, 2.05) is 58.0 Å². The minimum Gasteiger partial charge on any atom is -0.454 e. The molecule has 1 aromatic rings. The molecule has 0 aliphatic heterocycles. The Bertz CT molecular complexity index is 796. The molecule has 4 nitrogen and oxygen atoms in total. The Morgan fingerprint density at radius 2 is 1.23 bits per heavy atom. The van der Waals surface area contributed by atoms with Crippen molar-refractivity contribution in [2.75, 3.05) is 0 Å². The third-order valence-electron chi connectivity index (χ3n) is 6.05. The van der Waals surface area contributed by atoms with Crippen molar-refractivity contribution in [1.82, 2.24) is 0 Å². The van der Waals surface area contributed by atoms with Gasteiger partial charge in [-0.15, -0.1) is 0 Å². The SMILES string of the molecule is CC(=O)C(C)(C)/C(C)=C(/C)C(C)(C)OC(=O)C(C)(C)C(=O)Cc1ccccc1.CCC. The number of carbonyl (C=O) groups is 3. The highest BCUT2D eigenvalue weighted by atomic mass is 16.6. The maximum atomic E-state index is 12.9. The number of allylic oxidation sites excluding steroid dienone is 1. The van der Waals surface area contributed by atoms with Crippen molar-refractivity contribution in [3.05, 3.63) is 47.0 Å². The maximum Gasteiger partial charge on any atom is 0.319 e. The van der Waals surface area contributed by atoms with Gasteiger partial charge in [0.15, 0.2) is 5.78 Å². The van der Waals surface area contributed by atoms with Crippen LogP contribution in [-0.4, -0.2) is 23.1 Å². The summed E-state index contributed by atoms with van der Waals surface area (Å²) in [7, 11) is 0. The lowest BCUT2D eigenvalue weighted by Crippen LogP contribution is -2.42. The number of carbonyl (C=O) groups excluding carboxylic acids is 3. The quantitative estimate of drug-likeness (QED) is 0.268. The number of esters is 1. The molecule has 0 saturated heterocycles. The van der Waals surface area contributed by atoms with E-state index in [9.17, 15) is 14.4 Å². The molecule has 0 aliphatic rings. The molecule has 1 aromatic carbocycles. The molecule has 0 unspecified atom stereocenters. The Kier molecular flexibility index (Phi) is 10.6. The molecule has 0 aromatic heterocycles. The molecule has 0 radical (unpaired) electrons. The van der Waals surface area contributed by atoms with Crippen molar-refractivity contribution < 1.29 is 19.1 Å². The van der Waals surface area contributed by atoms with Gasteiger partial charge in [0, 0.05) is 11.8 Å². The smallest absolute Gasteiger partial charge is 0.319 e. The van der Waals surface area contributed by atoms with Crippen molar-refractivity contribution >= 4 is 17.5 Å². The molecule has 0 N–H and O–H groups in total. The molecule has 0 atom stereocenters. The van der Waals surface area contributed by atoms with E-state index in [1.165, 1.54) is 6.42 Å². The summed E-state index contributed by atoms with van der Waals surface area (Å²) in [5.41, 5.74) is -0.302. The molecule has 0 fully saturated rings.